The zero-order valence-corrected chi connectivity index (χ0v) is 14.1. The Hall–Kier alpha value is -2.74. The van der Waals surface area contributed by atoms with Crippen LogP contribution in [0.5, 0.6) is 0 Å². The number of nitrogens with one attached hydrogen (secondary N) is 1. The quantitative estimate of drug-likeness (QED) is 0.652. The number of hydrogen-bond donors (Lipinski definition) is 1. The summed E-state index contributed by atoms with van der Waals surface area (Å²) < 4.78 is 6.72. The van der Waals surface area contributed by atoms with Crippen LogP contribution in [0.25, 0.3) is 5.69 Å². The third-order valence-electron chi connectivity index (χ3n) is 3.78. The number of aromatic nitrogens is 3. The fourth-order valence-corrected chi connectivity index (χ4v) is 2.75. The molecule has 8 nitrogen and oxygen atoms in total. The van der Waals surface area contributed by atoms with Gasteiger partial charge in [-0.25, -0.2) is 9.48 Å². The minimum absolute atomic E-state index is 0.0344. The third-order valence-corrected chi connectivity index (χ3v) is 4.02. The number of imide groups is 1. The van der Waals surface area contributed by atoms with Crippen molar-refractivity contribution in [2.75, 3.05) is 0 Å². The van der Waals surface area contributed by atoms with Crippen LogP contribution in [0.1, 0.15) is 35.9 Å². The topological polar surface area (TPSA) is 103 Å². The highest BCUT2D eigenvalue weighted by Crippen LogP contribution is 2.19. The Morgan fingerprint density at radius 2 is 2.24 bits per heavy atom. The molecule has 0 aliphatic carbocycles. The van der Waals surface area contributed by atoms with Crippen molar-refractivity contribution in [3.8, 4) is 5.69 Å². The van der Waals surface area contributed by atoms with Gasteiger partial charge in [-0.2, -0.15) is 0 Å². The summed E-state index contributed by atoms with van der Waals surface area (Å²) in [5, 5.41) is 10.6. The molecule has 1 saturated heterocycles. The van der Waals surface area contributed by atoms with Crippen LogP contribution in [0.4, 0.5) is 0 Å². The highest BCUT2D eigenvalue weighted by Gasteiger charge is 2.32. The first-order chi connectivity index (χ1) is 12.0. The summed E-state index contributed by atoms with van der Waals surface area (Å²) in [6.45, 7) is 1.85. The zero-order chi connectivity index (χ0) is 18.0. The van der Waals surface area contributed by atoms with Crippen molar-refractivity contribution >= 4 is 29.4 Å². The maximum atomic E-state index is 12.4. The Morgan fingerprint density at radius 3 is 2.92 bits per heavy atom. The molecule has 9 heteroatoms. The van der Waals surface area contributed by atoms with Crippen LogP contribution < -0.4 is 5.32 Å². The standard InChI is InChI=1S/C16H15ClN4O4/c1-2-11-14(16(24)25-12-6-7-13(22)18-15(12)23)19-20-21(11)10-5-3-4-9(17)8-10/h3-5,8,12H,2,6-7H2,1H3,(H,18,22,23). The number of hydrogen-bond acceptors (Lipinski definition) is 6. The molecular formula is C16H15ClN4O4. The van der Waals surface area contributed by atoms with Crippen LogP contribution in [0.2, 0.25) is 5.02 Å². The lowest BCUT2D eigenvalue weighted by Crippen LogP contribution is -2.45. The average molecular weight is 363 g/mol. The molecule has 0 bridgehead atoms. The smallest absolute Gasteiger partial charge is 0.361 e. The maximum absolute atomic E-state index is 12.4. The molecule has 1 aliphatic heterocycles. The number of amides is 2. The van der Waals surface area contributed by atoms with Gasteiger partial charge >= 0.3 is 5.97 Å². The Bertz CT molecular complexity index is 848. The first kappa shape index (κ1) is 17.1. The largest absolute Gasteiger partial charge is 0.447 e. The molecule has 1 atom stereocenters. The van der Waals surface area contributed by atoms with Crippen molar-refractivity contribution in [3.63, 3.8) is 0 Å². The molecule has 1 unspecified atom stereocenters. The molecule has 2 heterocycles. The van der Waals surface area contributed by atoms with Crippen molar-refractivity contribution < 1.29 is 19.1 Å². The van der Waals surface area contributed by atoms with E-state index in [9.17, 15) is 14.4 Å². The number of piperidine rings is 1. The summed E-state index contributed by atoms with van der Waals surface area (Å²) in [5.41, 5.74) is 1.24. The highest BCUT2D eigenvalue weighted by molar-refractivity contribution is 6.30. The highest BCUT2D eigenvalue weighted by atomic mass is 35.5. The van der Waals surface area contributed by atoms with E-state index in [-0.39, 0.29) is 24.4 Å². The summed E-state index contributed by atoms with van der Waals surface area (Å²) in [4.78, 5) is 35.3. The molecule has 0 spiro atoms. The summed E-state index contributed by atoms with van der Waals surface area (Å²) in [5.74, 6) is -1.75. The van der Waals surface area contributed by atoms with Gasteiger partial charge in [0.25, 0.3) is 5.91 Å². The van der Waals surface area contributed by atoms with Crippen molar-refractivity contribution in [2.45, 2.75) is 32.3 Å². The molecule has 1 aliphatic rings. The molecule has 1 aromatic heterocycles. The first-order valence-electron chi connectivity index (χ1n) is 7.74. The fraction of sp³-hybridized carbons (Fsp3) is 0.312. The molecule has 0 saturated carbocycles. The molecule has 1 fully saturated rings. The van der Waals surface area contributed by atoms with Crippen LogP contribution in [0.15, 0.2) is 24.3 Å². The molecular weight excluding hydrogens is 348 g/mol. The predicted molar refractivity (Wildman–Crippen MR) is 87.3 cm³/mol. The van der Waals surface area contributed by atoms with Gasteiger partial charge in [0.15, 0.2) is 11.8 Å². The van der Waals surface area contributed by atoms with E-state index in [1.54, 1.807) is 24.3 Å². The summed E-state index contributed by atoms with van der Waals surface area (Å²) >= 11 is 5.99. The lowest BCUT2D eigenvalue weighted by atomic mass is 10.1. The second-order valence-electron chi connectivity index (χ2n) is 5.48. The summed E-state index contributed by atoms with van der Waals surface area (Å²) in [7, 11) is 0. The van der Waals surface area contributed by atoms with E-state index in [0.717, 1.165) is 0 Å². The molecule has 0 radical (unpaired) electrons. The van der Waals surface area contributed by atoms with Gasteiger partial charge < -0.3 is 4.74 Å². The molecule has 1 N–H and O–H groups in total. The van der Waals surface area contributed by atoms with Gasteiger partial charge in [-0.1, -0.05) is 29.8 Å². The van der Waals surface area contributed by atoms with E-state index in [1.165, 1.54) is 4.68 Å². The van der Waals surface area contributed by atoms with E-state index < -0.39 is 18.0 Å². The van der Waals surface area contributed by atoms with E-state index in [2.05, 4.69) is 15.6 Å². The lowest BCUT2D eigenvalue weighted by Gasteiger charge is -2.20. The normalized spacial score (nSPS) is 17.3. The molecule has 130 valence electrons. The van der Waals surface area contributed by atoms with Crippen molar-refractivity contribution in [3.05, 3.63) is 40.7 Å². The number of carbonyl (C=O) groups is 3. The Kier molecular flexibility index (Phi) is 4.80. The maximum Gasteiger partial charge on any atom is 0.361 e. The molecule has 25 heavy (non-hydrogen) atoms. The van der Waals surface area contributed by atoms with Crippen LogP contribution in [-0.4, -0.2) is 38.9 Å². The van der Waals surface area contributed by atoms with Gasteiger partial charge in [-0.3, -0.25) is 14.9 Å². The first-order valence-corrected chi connectivity index (χ1v) is 8.12. The van der Waals surface area contributed by atoms with Crippen molar-refractivity contribution in [2.24, 2.45) is 0 Å². The minimum Gasteiger partial charge on any atom is -0.447 e. The van der Waals surface area contributed by atoms with Gasteiger partial charge in [0, 0.05) is 17.9 Å². The van der Waals surface area contributed by atoms with Gasteiger partial charge in [0.05, 0.1) is 11.4 Å². The number of benzene rings is 1. The Labute approximate surface area is 148 Å². The van der Waals surface area contributed by atoms with Gasteiger partial charge in [-0.15, -0.1) is 5.10 Å². The van der Waals surface area contributed by atoms with Gasteiger partial charge in [0.1, 0.15) is 0 Å². The zero-order valence-electron chi connectivity index (χ0n) is 13.4. The number of halogens is 1. The number of carbonyl (C=O) groups excluding carboxylic acids is 3. The predicted octanol–water partition coefficient (Wildman–Crippen LogP) is 1.45. The van der Waals surface area contributed by atoms with Crippen LogP contribution >= 0.6 is 11.6 Å². The van der Waals surface area contributed by atoms with Gasteiger partial charge in [-0.05, 0) is 24.6 Å². The van der Waals surface area contributed by atoms with Crippen molar-refractivity contribution in [1.82, 2.24) is 20.3 Å². The van der Waals surface area contributed by atoms with E-state index in [0.29, 0.717) is 22.8 Å². The number of ether oxygens (including phenoxy) is 1. The van der Waals surface area contributed by atoms with Crippen molar-refractivity contribution in [1.29, 1.82) is 0 Å². The number of nitrogens with zero attached hydrogens (tertiary/aromatic N) is 3. The number of esters is 1. The molecule has 1 aromatic carbocycles. The summed E-state index contributed by atoms with van der Waals surface area (Å²) in [6, 6.07) is 6.98. The van der Waals surface area contributed by atoms with Gasteiger partial charge in [0.2, 0.25) is 5.91 Å². The van der Waals surface area contributed by atoms with Crippen LogP contribution in [0.3, 0.4) is 0 Å². The minimum atomic E-state index is -1.01. The van der Waals surface area contributed by atoms with Crippen LogP contribution in [-0.2, 0) is 20.7 Å². The number of rotatable bonds is 4. The Morgan fingerprint density at radius 1 is 1.44 bits per heavy atom. The lowest BCUT2D eigenvalue weighted by molar-refractivity contribution is -0.140. The Balaban J connectivity index is 1.84. The van der Waals surface area contributed by atoms with E-state index >= 15 is 0 Å². The third kappa shape index (κ3) is 3.53. The van der Waals surface area contributed by atoms with E-state index in [4.69, 9.17) is 16.3 Å². The SMILES string of the molecule is CCc1c(C(=O)OC2CCC(=O)NC2=O)nnn1-c1cccc(Cl)c1. The average Bonchev–Trinajstić information content (AvgIpc) is 3.01. The van der Waals surface area contributed by atoms with Crippen LogP contribution in [0, 0.1) is 0 Å². The fourth-order valence-electron chi connectivity index (χ4n) is 2.56. The second kappa shape index (κ2) is 7.02. The molecule has 2 aromatic rings. The van der Waals surface area contributed by atoms with E-state index in [1.807, 2.05) is 6.92 Å². The summed E-state index contributed by atoms with van der Waals surface area (Å²) in [6.07, 6.45) is -0.259. The molecule has 3 rings (SSSR count). The second-order valence-corrected chi connectivity index (χ2v) is 5.91. The molecule has 2 amide bonds. The monoisotopic (exact) mass is 362 g/mol.